The Morgan fingerprint density at radius 3 is 2.79 bits per heavy atom. The van der Waals surface area contributed by atoms with Crippen molar-refractivity contribution >= 4 is 62.9 Å². The van der Waals surface area contributed by atoms with Gasteiger partial charge in [0.15, 0.2) is 16.7 Å². The molecule has 1 aliphatic heterocycles. The quantitative estimate of drug-likeness (QED) is 0.257. The van der Waals surface area contributed by atoms with Gasteiger partial charge < -0.3 is 15.2 Å². The van der Waals surface area contributed by atoms with Crippen molar-refractivity contribution in [3.63, 3.8) is 0 Å². The van der Waals surface area contributed by atoms with E-state index in [2.05, 4.69) is 10.3 Å². The van der Waals surface area contributed by atoms with E-state index >= 15 is 0 Å². The van der Waals surface area contributed by atoms with E-state index in [9.17, 15) is 20.0 Å². The zero-order valence-electron chi connectivity index (χ0n) is 15.4. The van der Waals surface area contributed by atoms with Crippen molar-refractivity contribution in [3.05, 3.63) is 60.0 Å². The van der Waals surface area contributed by atoms with Crippen LogP contribution in [-0.4, -0.2) is 27.7 Å². The molecule has 3 rings (SSSR count). The number of hydrogen-bond donors (Lipinski definition) is 2. The second-order valence-electron chi connectivity index (χ2n) is 5.99. The summed E-state index contributed by atoms with van der Waals surface area (Å²) < 4.78 is 6.04. The molecule has 2 aromatic rings. The first kappa shape index (κ1) is 21.1. The number of carbonyl (C=O) groups is 1. The highest BCUT2D eigenvalue weighted by molar-refractivity contribution is 14.1. The Balaban J connectivity index is 1.87. The Labute approximate surface area is 184 Å². The Morgan fingerprint density at radius 2 is 2.14 bits per heavy atom. The van der Waals surface area contributed by atoms with Crippen LogP contribution in [-0.2, 0) is 4.79 Å². The van der Waals surface area contributed by atoms with Crippen LogP contribution in [0.15, 0.2) is 40.2 Å². The average Bonchev–Trinajstić information content (AvgIpc) is 3.00. The second kappa shape index (κ2) is 8.82. The molecule has 1 amide bonds. The summed E-state index contributed by atoms with van der Waals surface area (Å²) in [6.45, 7) is 3.95. The van der Waals surface area contributed by atoms with E-state index < -0.39 is 4.92 Å². The standard InChI is InChI=1S/C19H16IN3O5S/c1-3-28-15-8-11(7-13(20)17(15)24)9-16-18(25)22-19(29-16)21-14-5-4-12(23(26)27)6-10(14)2/h4-9,24H,3H2,1-2H3,(H,21,22,25)/b16-9+. The molecule has 2 aromatic carbocycles. The van der Waals surface area contributed by atoms with Gasteiger partial charge in [0.05, 0.1) is 25.7 Å². The number of non-ortho nitro benzene ring substituents is 1. The van der Waals surface area contributed by atoms with Crippen molar-refractivity contribution in [2.75, 3.05) is 6.61 Å². The van der Waals surface area contributed by atoms with Crippen molar-refractivity contribution in [1.29, 1.82) is 0 Å². The van der Waals surface area contributed by atoms with Gasteiger partial charge in [-0.05, 0) is 83.6 Å². The summed E-state index contributed by atoms with van der Waals surface area (Å²) in [6, 6.07) is 7.77. The lowest BCUT2D eigenvalue weighted by Gasteiger charge is -2.08. The summed E-state index contributed by atoms with van der Waals surface area (Å²) in [5, 5.41) is 24.0. The van der Waals surface area contributed by atoms with Crippen LogP contribution in [0, 0.1) is 20.6 Å². The van der Waals surface area contributed by atoms with Gasteiger partial charge in [-0.2, -0.15) is 0 Å². The van der Waals surface area contributed by atoms with E-state index in [-0.39, 0.29) is 17.3 Å². The van der Waals surface area contributed by atoms with Gasteiger partial charge in [-0.15, -0.1) is 0 Å². The molecule has 0 unspecified atom stereocenters. The summed E-state index contributed by atoms with van der Waals surface area (Å²) in [4.78, 5) is 27.5. The SMILES string of the molecule is CCOc1cc(/C=C2/SC(=Nc3ccc([N+](=O)[O-])cc3C)NC2=O)cc(I)c1O. The molecule has 0 spiro atoms. The van der Waals surface area contributed by atoms with Gasteiger partial charge in [0.2, 0.25) is 0 Å². The lowest BCUT2D eigenvalue weighted by molar-refractivity contribution is -0.384. The molecule has 1 saturated heterocycles. The molecule has 0 aliphatic carbocycles. The first-order valence-electron chi connectivity index (χ1n) is 8.48. The third-order valence-corrected chi connectivity index (χ3v) is 5.64. The third kappa shape index (κ3) is 4.88. The molecular weight excluding hydrogens is 509 g/mol. The molecule has 1 aliphatic rings. The topological polar surface area (TPSA) is 114 Å². The highest BCUT2D eigenvalue weighted by atomic mass is 127. The molecule has 0 saturated carbocycles. The lowest BCUT2D eigenvalue weighted by atomic mass is 10.2. The third-order valence-electron chi connectivity index (χ3n) is 3.91. The van der Waals surface area contributed by atoms with E-state index in [0.717, 1.165) is 0 Å². The monoisotopic (exact) mass is 525 g/mol. The summed E-state index contributed by atoms with van der Waals surface area (Å²) in [7, 11) is 0. The number of hydrogen-bond acceptors (Lipinski definition) is 7. The van der Waals surface area contributed by atoms with Crippen molar-refractivity contribution in [2.45, 2.75) is 13.8 Å². The zero-order valence-corrected chi connectivity index (χ0v) is 18.4. The molecule has 2 N–H and O–H groups in total. The normalized spacial score (nSPS) is 16.3. The zero-order chi connectivity index (χ0) is 21.1. The summed E-state index contributed by atoms with van der Waals surface area (Å²) in [5.41, 5.74) is 1.87. The highest BCUT2D eigenvalue weighted by Gasteiger charge is 2.24. The molecule has 8 nitrogen and oxygen atoms in total. The fraction of sp³-hybridized carbons (Fsp3) is 0.158. The number of halogens is 1. The molecule has 0 aromatic heterocycles. The highest BCUT2D eigenvalue weighted by Crippen LogP contribution is 2.35. The molecule has 0 bridgehead atoms. The molecule has 150 valence electrons. The van der Waals surface area contributed by atoms with E-state index in [1.165, 1.54) is 23.9 Å². The maximum atomic E-state index is 12.3. The summed E-state index contributed by atoms with van der Waals surface area (Å²) in [6.07, 6.45) is 1.69. The minimum Gasteiger partial charge on any atom is -0.504 e. The van der Waals surface area contributed by atoms with Gasteiger partial charge in [-0.1, -0.05) is 0 Å². The van der Waals surface area contributed by atoms with Crippen LogP contribution in [0.5, 0.6) is 11.5 Å². The maximum Gasteiger partial charge on any atom is 0.269 e. The van der Waals surface area contributed by atoms with Crippen LogP contribution in [0.2, 0.25) is 0 Å². The lowest BCUT2D eigenvalue weighted by Crippen LogP contribution is -2.19. The number of nitrogens with zero attached hydrogens (tertiary/aromatic N) is 2. The number of ether oxygens (including phenoxy) is 1. The number of rotatable bonds is 5. The minimum absolute atomic E-state index is 0.0119. The number of nitrogens with one attached hydrogen (secondary N) is 1. The number of nitro benzene ring substituents is 1. The first-order valence-corrected chi connectivity index (χ1v) is 10.4. The van der Waals surface area contributed by atoms with Gasteiger partial charge in [0.25, 0.3) is 11.6 Å². The fourth-order valence-electron chi connectivity index (χ4n) is 2.56. The largest absolute Gasteiger partial charge is 0.504 e. The Hall–Kier alpha value is -2.60. The number of benzene rings is 2. The van der Waals surface area contributed by atoms with Crippen LogP contribution in [0.3, 0.4) is 0 Å². The van der Waals surface area contributed by atoms with E-state index in [1.54, 1.807) is 31.2 Å². The van der Waals surface area contributed by atoms with Crippen LogP contribution in [0.4, 0.5) is 11.4 Å². The Morgan fingerprint density at radius 1 is 1.38 bits per heavy atom. The van der Waals surface area contributed by atoms with Gasteiger partial charge >= 0.3 is 0 Å². The number of carbonyl (C=O) groups excluding carboxylic acids is 1. The smallest absolute Gasteiger partial charge is 0.269 e. The predicted molar refractivity (Wildman–Crippen MR) is 121 cm³/mol. The predicted octanol–water partition coefficient (Wildman–Crippen LogP) is 4.50. The van der Waals surface area contributed by atoms with Crippen molar-refractivity contribution in [2.24, 2.45) is 4.99 Å². The number of aliphatic imine (C=N–C) groups is 1. The van der Waals surface area contributed by atoms with E-state index in [1.807, 2.05) is 29.5 Å². The number of aryl methyl sites for hydroxylation is 1. The van der Waals surface area contributed by atoms with E-state index in [0.29, 0.717) is 42.8 Å². The first-order chi connectivity index (χ1) is 13.8. The number of amides is 1. The van der Waals surface area contributed by atoms with Crippen LogP contribution in [0.25, 0.3) is 6.08 Å². The molecule has 0 atom stereocenters. The second-order valence-corrected chi connectivity index (χ2v) is 8.18. The van der Waals surface area contributed by atoms with Gasteiger partial charge in [-0.25, -0.2) is 4.99 Å². The number of thioether (sulfide) groups is 1. The molecule has 29 heavy (non-hydrogen) atoms. The number of phenols is 1. The number of nitro groups is 1. The van der Waals surface area contributed by atoms with E-state index in [4.69, 9.17) is 4.74 Å². The fourth-order valence-corrected chi connectivity index (χ4v) is 4.02. The molecule has 0 radical (unpaired) electrons. The van der Waals surface area contributed by atoms with Crippen molar-refractivity contribution in [3.8, 4) is 11.5 Å². The molecular formula is C19H16IN3O5S. The van der Waals surface area contributed by atoms with Crippen LogP contribution >= 0.6 is 34.4 Å². The maximum absolute atomic E-state index is 12.3. The van der Waals surface area contributed by atoms with Crippen LogP contribution in [0.1, 0.15) is 18.1 Å². The molecule has 1 heterocycles. The average molecular weight is 525 g/mol. The summed E-state index contributed by atoms with van der Waals surface area (Å²) in [5.74, 6) is 0.119. The van der Waals surface area contributed by atoms with Gasteiger partial charge in [-0.3, -0.25) is 14.9 Å². The van der Waals surface area contributed by atoms with Gasteiger partial charge in [0, 0.05) is 12.1 Å². The number of phenolic OH excluding ortho intramolecular Hbond substituents is 1. The van der Waals surface area contributed by atoms with Crippen LogP contribution < -0.4 is 10.1 Å². The summed E-state index contributed by atoms with van der Waals surface area (Å²) >= 11 is 3.17. The number of amidine groups is 1. The Bertz CT molecular complexity index is 1070. The molecule has 10 heteroatoms. The Kier molecular flexibility index (Phi) is 6.42. The van der Waals surface area contributed by atoms with Crippen molar-refractivity contribution in [1.82, 2.24) is 5.32 Å². The minimum atomic E-state index is -0.466. The molecule has 1 fully saturated rings. The van der Waals surface area contributed by atoms with Crippen molar-refractivity contribution < 1.29 is 19.6 Å². The number of aromatic hydroxyl groups is 1. The van der Waals surface area contributed by atoms with Gasteiger partial charge in [0.1, 0.15) is 0 Å².